The van der Waals surface area contributed by atoms with Crippen molar-refractivity contribution in [1.29, 1.82) is 0 Å². The molecule has 116 valence electrons. The highest BCUT2D eigenvalue weighted by Crippen LogP contribution is 2.44. The molecular weight excluding hydrogens is 248 g/mol. The standard InChI is InChI=1S/C17H32N2O/c1-4-19(13-15-8-7-11-18-15)16(20)17(12-14(2)3)9-5-6-10-17/h14-15,18H,4-13H2,1-3H3. The summed E-state index contributed by atoms with van der Waals surface area (Å²) in [6, 6.07) is 0.524. The van der Waals surface area contributed by atoms with E-state index in [1.165, 1.54) is 25.7 Å². The number of carbonyl (C=O) groups excluding carboxylic acids is 1. The number of hydrogen-bond acceptors (Lipinski definition) is 2. The van der Waals surface area contributed by atoms with E-state index in [4.69, 9.17) is 0 Å². The quantitative estimate of drug-likeness (QED) is 0.810. The predicted octanol–water partition coefficient (Wildman–Crippen LogP) is 3.19. The van der Waals surface area contributed by atoms with Crippen molar-refractivity contribution < 1.29 is 4.79 Å². The summed E-state index contributed by atoms with van der Waals surface area (Å²) in [6.45, 7) is 9.52. The first-order valence-corrected chi connectivity index (χ1v) is 8.60. The van der Waals surface area contributed by atoms with E-state index in [2.05, 4.69) is 31.0 Å². The fourth-order valence-corrected chi connectivity index (χ4v) is 4.21. The van der Waals surface area contributed by atoms with Crippen molar-refractivity contribution in [2.75, 3.05) is 19.6 Å². The molecule has 20 heavy (non-hydrogen) atoms. The van der Waals surface area contributed by atoms with E-state index < -0.39 is 0 Å². The zero-order valence-electron chi connectivity index (χ0n) is 13.6. The zero-order valence-corrected chi connectivity index (χ0v) is 13.6. The van der Waals surface area contributed by atoms with Crippen molar-refractivity contribution in [3.63, 3.8) is 0 Å². The van der Waals surface area contributed by atoms with E-state index in [-0.39, 0.29) is 5.41 Å². The highest BCUT2D eigenvalue weighted by atomic mass is 16.2. The van der Waals surface area contributed by atoms with E-state index in [1.807, 2.05) is 0 Å². The Balaban J connectivity index is 2.03. The first-order chi connectivity index (χ1) is 9.57. The number of likely N-dealkylation sites (N-methyl/N-ethyl adjacent to an activating group) is 1. The van der Waals surface area contributed by atoms with Crippen molar-refractivity contribution in [3.8, 4) is 0 Å². The number of nitrogens with zero attached hydrogens (tertiary/aromatic N) is 1. The molecule has 3 nitrogen and oxygen atoms in total. The minimum absolute atomic E-state index is 0.0389. The van der Waals surface area contributed by atoms with Gasteiger partial charge < -0.3 is 10.2 Å². The molecular formula is C17H32N2O. The smallest absolute Gasteiger partial charge is 0.228 e. The molecule has 0 radical (unpaired) electrons. The number of carbonyl (C=O) groups is 1. The molecule has 2 rings (SSSR count). The fourth-order valence-electron chi connectivity index (χ4n) is 4.21. The van der Waals surface area contributed by atoms with Crippen molar-refractivity contribution in [1.82, 2.24) is 10.2 Å². The molecule has 3 heteroatoms. The third kappa shape index (κ3) is 3.55. The Kier molecular flexibility index (Phi) is 5.48. The lowest BCUT2D eigenvalue weighted by molar-refractivity contribution is -0.143. The van der Waals surface area contributed by atoms with Crippen LogP contribution in [0.2, 0.25) is 0 Å². The first-order valence-electron chi connectivity index (χ1n) is 8.60. The van der Waals surface area contributed by atoms with Gasteiger partial charge in [0.05, 0.1) is 0 Å². The summed E-state index contributed by atoms with van der Waals surface area (Å²) >= 11 is 0. The zero-order chi connectivity index (χ0) is 14.6. The van der Waals surface area contributed by atoms with Gasteiger partial charge in [0, 0.05) is 24.5 Å². The maximum Gasteiger partial charge on any atom is 0.228 e. The number of nitrogens with one attached hydrogen (secondary N) is 1. The Hall–Kier alpha value is -0.570. The summed E-state index contributed by atoms with van der Waals surface area (Å²) in [6.07, 6.45) is 8.24. The molecule has 0 aromatic heterocycles. The van der Waals surface area contributed by atoms with E-state index >= 15 is 0 Å². The van der Waals surface area contributed by atoms with Crippen LogP contribution >= 0.6 is 0 Å². The molecule has 1 heterocycles. The fraction of sp³-hybridized carbons (Fsp3) is 0.941. The third-order valence-electron chi connectivity index (χ3n) is 5.09. The summed E-state index contributed by atoms with van der Waals surface area (Å²) in [5.41, 5.74) is -0.0389. The highest BCUT2D eigenvalue weighted by Gasteiger charge is 2.43. The summed E-state index contributed by atoms with van der Waals surface area (Å²) in [7, 11) is 0. The SMILES string of the molecule is CCN(CC1CCCN1)C(=O)C1(CC(C)C)CCCC1. The molecule has 1 N–H and O–H groups in total. The Morgan fingerprint density at radius 2 is 2.00 bits per heavy atom. The molecule has 1 aliphatic carbocycles. The van der Waals surface area contributed by atoms with Crippen LogP contribution in [0.5, 0.6) is 0 Å². The Labute approximate surface area is 124 Å². The van der Waals surface area contributed by atoms with Crippen LogP contribution in [-0.4, -0.2) is 36.5 Å². The molecule has 0 aromatic carbocycles. The molecule has 1 saturated heterocycles. The summed E-state index contributed by atoms with van der Waals surface area (Å²) < 4.78 is 0. The predicted molar refractivity (Wildman–Crippen MR) is 83.6 cm³/mol. The lowest BCUT2D eigenvalue weighted by Gasteiger charge is -2.36. The third-order valence-corrected chi connectivity index (χ3v) is 5.09. The Morgan fingerprint density at radius 1 is 1.30 bits per heavy atom. The maximum absolute atomic E-state index is 13.1. The van der Waals surface area contributed by atoms with Crippen LogP contribution in [0, 0.1) is 11.3 Å². The van der Waals surface area contributed by atoms with E-state index in [1.54, 1.807) is 0 Å². The van der Waals surface area contributed by atoms with E-state index in [9.17, 15) is 4.79 Å². The van der Waals surface area contributed by atoms with Crippen LogP contribution in [0.25, 0.3) is 0 Å². The molecule has 0 aromatic rings. The average molecular weight is 280 g/mol. The lowest BCUT2D eigenvalue weighted by Crippen LogP contribution is -2.47. The molecule has 1 amide bonds. The van der Waals surface area contributed by atoms with Crippen LogP contribution in [0.1, 0.15) is 65.7 Å². The molecule has 0 spiro atoms. The van der Waals surface area contributed by atoms with E-state index in [0.29, 0.717) is 17.9 Å². The second-order valence-corrected chi connectivity index (χ2v) is 7.22. The minimum atomic E-state index is -0.0389. The normalized spacial score (nSPS) is 25.3. The van der Waals surface area contributed by atoms with Crippen LogP contribution in [0.3, 0.4) is 0 Å². The monoisotopic (exact) mass is 280 g/mol. The Bertz CT molecular complexity index is 315. The highest BCUT2D eigenvalue weighted by molar-refractivity contribution is 5.83. The molecule has 2 fully saturated rings. The summed E-state index contributed by atoms with van der Waals surface area (Å²) in [5, 5.41) is 3.53. The molecule has 1 saturated carbocycles. The molecule has 1 atom stereocenters. The van der Waals surface area contributed by atoms with Gasteiger partial charge in [-0.05, 0) is 51.5 Å². The second kappa shape index (κ2) is 6.93. The van der Waals surface area contributed by atoms with Crippen LogP contribution in [-0.2, 0) is 4.79 Å². The Morgan fingerprint density at radius 3 is 2.50 bits per heavy atom. The van der Waals surface area contributed by atoms with Gasteiger partial charge in [-0.2, -0.15) is 0 Å². The van der Waals surface area contributed by atoms with Gasteiger partial charge in [-0.15, -0.1) is 0 Å². The second-order valence-electron chi connectivity index (χ2n) is 7.22. The lowest BCUT2D eigenvalue weighted by atomic mass is 9.77. The first kappa shape index (κ1) is 15.8. The van der Waals surface area contributed by atoms with Crippen LogP contribution < -0.4 is 5.32 Å². The van der Waals surface area contributed by atoms with Crippen molar-refractivity contribution in [2.24, 2.45) is 11.3 Å². The molecule has 2 aliphatic rings. The summed E-state index contributed by atoms with van der Waals surface area (Å²) in [5.74, 6) is 1.06. The molecule has 1 unspecified atom stereocenters. The molecule has 0 bridgehead atoms. The van der Waals surface area contributed by atoms with Gasteiger partial charge in [0.2, 0.25) is 5.91 Å². The number of hydrogen-bond donors (Lipinski definition) is 1. The minimum Gasteiger partial charge on any atom is -0.341 e. The van der Waals surface area contributed by atoms with Crippen molar-refractivity contribution in [2.45, 2.75) is 71.8 Å². The topological polar surface area (TPSA) is 32.3 Å². The number of rotatable bonds is 6. The largest absolute Gasteiger partial charge is 0.341 e. The van der Waals surface area contributed by atoms with Gasteiger partial charge in [0.1, 0.15) is 0 Å². The van der Waals surface area contributed by atoms with Gasteiger partial charge in [0.25, 0.3) is 0 Å². The van der Waals surface area contributed by atoms with Crippen LogP contribution in [0.4, 0.5) is 0 Å². The van der Waals surface area contributed by atoms with Gasteiger partial charge in [0.15, 0.2) is 0 Å². The van der Waals surface area contributed by atoms with Crippen molar-refractivity contribution in [3.05, 3.63) is 0 Å². The van der Waals surface area contributed by atoms with Gasteiger partial charge >= 0.3 is 0 Å². The van der Waals surface area contributed by atoms with Crippen LogP contribution in [0.15, 0.2) is 0 Å². The number of amides is 1. The molecule has 1 aliphatic heterocycles. The van der Waals surface area contributed by atoms with Gasteiger partial charge in [-0.1, -0.05) is 26.7 Å². The maximum atomic E-state index is 13.1. The van der Waals surface area contributed by atoms with Crippen molar-refractivity contribution >= 4 is 5.91 Å². The average Bonchev–Trinajstić information content (AvgIpc) is 3.06. The van der Waals surface area contributed by atoms with Gasteiger partial charge in [-0.25, -0.2) is 0 Å². The van der Waals surface area contributed by atoms with E-state index in [0.717, 1.165) is 38.9 Å². The van der Waals surface area contributed by atoms with Gasteiger partial charge in [-0.3, -0.25) is 4.79 Å². The summed E-state index contributed by atoms with van der Waals surface area (Å²) in [4.78, 5) is 15.3.